The minimum Gasteiger partial charge on any atom is -0.449 e. The zero-order chi connectivity index (χ0) is 12.9. The van der Waals surface area contributed by atoms with Crippen molar-refractivity contribution in [3.05, 3.63) is 24.3 Å². The molecule has 5 nitrogen and oxygen atoms in total. The van der Waals surface area contributed by atoms with Gasteiger partial charge in [-0.3, -0.25) is 0 Å². The first-order valence-corrected chi connectivity index (χ1v) is 7.54. The Kier molecular flexibility index (Phi) is 4.83. The van der Waals surface area contributed by atoms with Gasteiger partial charge < -0.3 is 4.74 Å². The van der Waals surface area contributed by atoms with Crippen LogP contribution in [0.4, 0.5) is 4.79 Å². The number of carbonyl (C=O) groups excluding carboxylic acids is 1. The molecule has 0 spiro atoms. The molecule has 0 atom stereocenters. The highest BCUT2D eigenvalue weighted by Crippen LogP contribution is 2.17. The molecule has 0 aliphatic rings. The summed E-state index contributed by atoms with van der Waals surface area (Å²) in [5.41, 5.74) is 0. The van der Waals surface area contributed by atoms with Crippen molar-refractivity contribution in [2.45, 2.75) is 16.7 Å². The normalized spacial score (nSPS) is 10.9. The summed E-state index contributed by atoms with van der Waals surface area (Å²) in [6.45, 7) is 1.71. The number of ether oxygens (including phenoxy) is 1. The van der Waals surface area contributed by atoms with Crippen LogP contribution >= 0.6 is 11.8 Å². The predicted octanol–water partition coefficient (Wildman–Crippen LogP) is 1.84. The molecule has 0 saturated heterocycles. The smallest absolute Gasteiger partial charge is 0.421 e. The Balaban J connectivity index is 2.85. The summed E-state index contributed by atoms with van der Waals surface area (Å²) >= 11 is 1.50. The van der Waals surface area contributed by atoms with Gasteiger partial charge >= 0.3 is 6.09 Å². The van der Waals surface area contributed by atoms with E-state index in [1.54, 1.807) is 19.1 Å². The van der Waals surface area contributed by atoms with E-state index < -0.39 is 16.1 Å². The van der Waals surface area contributed by atoms with Gasteiger partial charge in [-0.1, -0.05) is 0 Å². The Morgan fingerprint density at radius 3 is 2.41 bits per heavy atom. The minimum atomic E-state index is -3.84. The molecule has 0 radical (unpaired) electrons. The molecule has 94 valence electrons. The predicted molar refractivity (Wildman–Crippen MR) is 65.6 cm³/mol. The van der Waals surface area contributed by atoms with Gasteiger partial charge in [-0.25, -0.2) is 17.9 Å². The number of hydrogen-bond acceptors (Lipinski definition) is 5. The van der Waals surface area contributed by atoms with Crippen molar-refractivity contribution in [1.29, 1.82) is 0 Å². The molecular weight excluding hydrogens is 262 g/mol. The molecule has 7 heteroatoms. The SMILES string of the molecule is CCOC(=O)NS(=O)(=O)c1ccc(SC)cc1. The van der Waals surface area contributed by atoms with Crippen molar-refractivity contribution in [2.24, 2.45) is 0 Å². The van der Waals surface area contributed by atoms with E-state index in [0.717, 1.165) is 4.90 Å². The quantitative estimate of drug-likeness (QED) is 0.849. The van der Waals surface area contributed by atoms with E-state index >= 15 is 0 Å². The minimum absolute atomic E-state index is 0.0309. The lowest BCUT2D eigenvalue weighted by molar-refractivity contribution is 0.158. The van der Waals surface area contributed by atoms with Crippen molar-refractivity contribution >= 4 is 27.9 Å². The maximum absolute atomic E-state index is 11.7. The van der Waals surface area contributed by atoms with E-state index in [-0.39, 0.29) is 11.5 Å². The topological polar surface area (TPSA) is 72.5 Å². The fourth-order valence-corrected chi connectivity index (χ4v) is 2.38. The van der Waals surface area contributed by atoms with E-state index in [1.165, 1.54) is 23.9 Å². The van der Waals surface area contributed by atoms with E-state index in [1.807, 2.05) is 11.0 Å². The van der Waals surface area contributed by atoms with Crippen LogP contribution in [0.15, 0.2) is 34.1 Å². The monoisotopic (exact) mass is 275 g/mol. The number of sulfonamides is 1. The summed E-state index contributed by atoms with van der Waals surface area (Å²) in [5.74, 6) is 0. The molecule has 1 amide bonds. The van der Waals surface area contributed by atoms with Crippen molar-refractivity contribution in [3.8, 4) is 0 Å². The lowest BCUT2D eigenvalue weighted by atomic mass is 10.4. The van der Waals surface area contributed by atoms with Crippen molar-refractivity contribution < 1.29 is 17.9 Å². The molecule has 1 aromatic carbocycles. The molecule has 0 saturated carbocycles. The van der Waals surface area contributed by atoms with Crippen LogP contribution in [0.5, 0.6) is 0 Å². The number of benzene rings is 1. The molecule has 0 unspecified atom stereocenters. The summed E-state index contributed by atoms with van der Waals surface area (Å²) in [4.78, 5) is 12.0. The molecule has 0 aliphatic heterocycles. The summed E-state index contributed by atoms with van der Waals surface area (Å²) in [7, 11) is -3.84. The summed E-state index contributed by atoms with van der Waals surface area (Å²) in [6, 6.07) is 6.22. The zero-order valence-corrected chi connectivity index (χ0v) is 11.1. The molecule has 1 N–H and O–H groups in total. The number of amides is 1. The Labute approximate surface area is 105 Å². The van der Waals surface area contributed by atoms with Crippen LogP contribution in [-0.2, 0) is 14.8 Å². The third-order valence-electron chi connectivity index (χ3n) is 1.86. The van der Waals surface area contributed by atoms with E-state index in [0.29, 0.717) is 0 Å². The fourth-order valence-electron chi connectivity index (χ4n) is 1.08. The maximum Gasteiger partial charge on any atom is 0.421 e. The number of thioether (sulfide) groups is 1. The molecule has 0 aliphatic carbocycles. The third kappa shape index (κ3) is 3.94. The van der Waals surface area contributed by atoms with E-state index in [9.17, 15) is 13.2 Å². The Hall–Kier alpha value is -1.21. The summed E-state index contributed by atoms with van der Waals surface area (Å²) in [5, 5.41) is 0. The Bertz CT molecular complexity index is 482. The van der Waals surface area contributed by atoms with Gasteiger partial charge in [0.15, 0.2) is 0 Å². The molecule has 1 aromatic rings. The first kappa shape index (κ1) is 13.9. The van der Waals surface area contributed by atoms with Crippen molar-refractivity contribution in [3.63, 3.8) is 0 Å². The highest BCUT2D eigenvalue weighted by molar-refractivity contribution is 7.98. The highest BCUT2D eigenvalue weighted by atomic mass is 32.2. The number of rotatable bonds is 4. The van der Waals surface area contributed by atoms with Crippen LogP contribution in [0.25, 0.3) is 0 Å². The summed E-state index contributed by atoms with van der Waals surface area (Å²) in [6.07, 6.45) is 0.918. The molecule has 0 fully saturated rings. The molecule has 0 heterocycles. The molecular formula is C10H13NO4S2. The zero-order valence-electron chi connectivity index (χ0n) is 9.47. The average molecular weight is 275 g/mol. The van der Waals surface area contributed by atoms with Crippen molar-refractivity contribution in [2.75, 3.05) is 12.9 Å². The van der Waals surface area contributed by atoms with Crippen LogP contribution in [-0.4, -0.2) is 27.4 Å². The van der Waals surface area contributed by atoms with Crippen LogP contribution in [0, 0.1) is 0 Å². The van der Waals surface area contributed by atoms with Gasteiger partial charge in [0.25, 0.3) is 10.0 Å². The Morgan fingerprint density at radius 2 is 1.94 bits per heavy atom. The number of nitrogens with one attached hydrogen (secondary N) is 1. The number of carbonyl (C=O) groups is 1. The van der Waals surface area contributed by atoms with Gasteiger partial charge in [-0.15, -0.1) is 11.8 Å². The molecule has 17 heavy (non-hydrogen) atoms. The summed E-state index contributed by atoms with van der Waals surface area (Å²) < 4.78 is 29.7. The van der Waals surface area contributed by atoms with Gasteiger partial charge in [0.05, 0.1) is 11.5 Å². The molecule has 1 rings (SSSR count). The van der Waals surface area contributed by atoms with E-state index in [4.69, 9.17) is 0 Å². The van der Waals surface area contributed by atoms with Gasteiger partial charge in [0, 0.05) is 4.90 Å². The van der Waals surface area contributed by atoms with Crippen LogP contribution in [0.1, 0.15) is 6.92 Å². The van der Waals surface area contributed by atoms with Gasteiger partial charge in [0.2, 0.25) is 0 Å². The van der Waals surface area contributed by atoms with Crippen LogP contribution in [0.2, 0.25) is 0 Å². The second-order valence-electron chi connectivity index (χ2n) is 3.00. The van der Waals surface area contributed by atoms with Gasteiger partial charge in [-0.2, -0.15) is 0 Å². The third-order valence-corrected chi connectivity index (χ3v) is 3.93. The van der Waals surface area contributed by atoms with Crippen LogP contribution in [0.3, 0.4) is 0 Å². The maximum atomic E-state index is 11.7. The highest BCUT2D eigenvalue weighted by Gasteiger charge is 2.17. The van der Waals surface area contributed by atoms with E-state index in [2.05, 4.69) is 4.74 Å². The first-order valence-electron chi connectivity index (χ1n) is 4.83. The number of hydrogen-bond donors (Lipinski definition) is 1. The van der Waals surface area contributed by atoms with Crippen molar-refractivity contribution in [1.82, 2.24) is 4.72 Å². The fraction of sp³-hybridized carbons (Fsp3) is 0.300. The first-order chi connectivity index (χ1) is 7.99. The standard InChI is InChI=1S/C10H13NO4S2/c1-3-15-10(12)11-17(13,14)9-6-4-8(16-2)5-7-9/h4-7H,3H2,1-2H3,(H,11,12). The second-order valence-corrected chi connectivity index (χ2v) is 5.56. The van der Waals surface area contributed by atoms with Gasteiger partial charge in [0.1, 0.15) is 0 Å². The molecule has 0 bridgehead atoms. The lowest BCUT2D eigenvalue weighted by Gasteiger charge is -2.06. The second kappa shape index (κ2) is 5.92. The molecule has 0 aromatic heterocycles. The van der Waals surface area contributed by atoms with Crippen LogP contribution < -0.4 is 4.72 Å². The lowest BCUT2D eigenvalue weighted by Crippen LogP contribution is -2.31. The average Bonchev–Trinajstić information content (AvgIpc) is 2.28. The largest absolute Gasteiger partial charge is 0.449 e. The Morgan fingerprint density at radius 1 is 1.35 bits per heavy atom. The van der Waals surface area contributed by atoms with Gasteiger partial charge in [-0.05, 0) is 37.4 Å².